The number of anilines is 2. The minimum atomic E-state index is -3.87. The molecule has 0 amide bonds. The molecular formula is C41H39Cl3N4O10S2. The Morgan fingerprint density at radius 1 is 0.650 bits per heavy atom. The second kappa shape index (κ2) is 23.0. The summed E-state index contributed by atoms with van der Waals surface area (Å²) >= 11 is 11.3. The van der Waals surface area contributed by atoms with Gasteiger partial charge in [-0.3, -0.25) is 14.7 Å². The Balaban J connectivity index is 0.000000265. The van der Waals surface area contributed by atoms with Crippen LogP contribution < -0.4 is 19.9 Å². The number of hydrogen-bond acceptors (Lipinski definition) is 13. The number of nitrogens with one attached hydrogen (secondary N) is 1. The summed E-state index contributed by atoms with van der Waals surface area (Å²) in [5, 5.41) is 0.902. The van der Waals surface area contributed by atoms with Crippen molar-refractivity contribution in [1.29, 1.82) is 0 Å². The van der Waals surface area contributed by atoms with E-state index in [0.717, 1.165) is 0 Å². The number of hydrogen-bond donors (Lipinski definition) is 2. The zero-order valence-electron chi connectivity index (χ0n) is 31.1. The van der Waals surface area contributed by atoms with Gasteiger partial charge in [0.15, 0.2) is 0 Å². The zero-order valence-corrected chi connectivity index (χ0v) is 35.0. The normalized spacial score (nSPS) is 10.6. The van der Waals surface area contributed by atoms with Crippen molar-refractivity contribution in [2.75, 3.05) is 23.7 Å². The smallest absolute Gasteiger partial charge is 0.342 e. The second-order valence-electron chi connectivity index (χ2n) is 11.4. The molecule has 0 fully saturated rings. The lowest BCUT2D eigenvalue weighted by Gasteiger charge is -2.13. The first-order valence-electron chi connectivity index (χ1n) is 17.1. The lowest BCUT2D eigenvalue weighted by Crippen LogP contribution is -2.14. The minimum Gasteiger partial charge on any atom is -0.462 e. The molecule has 3 N–H and O–H groups in total. The van der Waals surface area contributed by atoms with Crippen molar-refractivity contribution in [2.45, 2.75) is 31.1 Å². The molecule has 0 saturated carbocycles. The first-order valence-corrected chi connectivity index (χ1v) is 21.7. The van der Waals surface area contributed by atoms with E-state index in [1.165, 1.54) is 79.0 Å². The standard InChI is InChI=1S/C20H17ClN2O5S.C14H14N2O3.C6H4Cl2O2S.CH4/c1-2-27-20(24)18-12-15(7-10-19(18)28-16-4-3-11-22-13-16)23-29(25,26)17-8-5-14(21)6-9-17;1-2-18-14(17)12-8-10(15)5-6-13(12)19-11-4-3-7-16-9-11;7-5-1-3-6(4-2-5)11(8,9)10;/h3-13,23H,2H2,1H3;3-9H,2,15H2,1H3;1-4H;1H4. The van der Waals surface area contributed by atoms with Gasteiger partial charge in [0.1, 0.15) is 34.1 Å². The van der Waals surface area contributed by atoms with E-state index in [9.17, 15) is 26.4 Å². The fourth-order valence-electron chi connectivity index (χ4n) is 4.55. The van der Waals surface area contributed by atoms with Crippen LogP contribution in [0.25, 0.3) is 0 Å². The van der Waals surface area contributed by atoms with Crippen LogP contribution in [-0.2, 0) is 28.5 Å². The Labute approximate surface area is 362 Å². The number of benzene rings is 4. The van der Waals surface area contributed by atoms with Gasteiger partial charge in [0, 0.05) is 44.5 Å². The SMILES string of the molecule is C.CCOC(=O)c1cc(N)ccc1Oc1cccnc1.CCOC(=O)c1cc(NS(=O)(=O)c2ccc(Cl)cc2)ccc1Oc1cccnc1.O=S(=O)(Cl)c1ccc(Cl)cc1. The van der Waals surface area contributed by atoms with Gasteiger partial charge in [0.25, 0.3) is 19.1 Å². The van der Waals surface area contributed by atoms with Gasteiger partial charge in [-0.1, -0.05) is 30.6 Å². The molecule has 2 heterocycles. The fourth-order valence-corrected chi connectivity index (χ4v) is 6.62. The van der Waals surface area contributed by atoms with Gasteiger partial charge in [0.2, 0.25) is 0 Å². The second-order valence-corrected chi connectivity index (χ2v) is 16.6. The van der Waals surface area contributed by atoms with Crippen molar-refractivity contribution in [3.8, 4) is 23.0 Å². The van der Waals surface area contributed by atoms with Crippen molar-refractivity contribution < 1.29 is 45.4 Å². The number of sulfonamides is 1. The van der Waals surface area contributed by atoms with Gasteiger partial charge in [-0.2, -0.15) is 0 Å². The number of halogens is 3. The van der Waals surface area contributed by atoms with Crippen molar-refractivity contribution in [3.63, 3.8) is 0 Å². The highest BCUT2D eigenvalue weighted by Crippen LogP contribution is 2.30. The first-order chi connectivity index (χ1) is 28.1. The third-order valence-corrected chi connectivity index (χ3v) is 10.4. The molecule has 0 aliphatic rings. The maximum Gasteiger partial charge on any atom is 0.342 e. The first kappa shape index (κ1) is 48.5. The van der Waals surface area contributed by atoms with Crippen molar-refractivity contribution in [3.05, 3.63) is 155 Å². The van der Waals surface area contributed by atoms with Crippen molar-refractivity contribution >= 4 is 76.3 Å². The molecule has 0 aliphatic heterocycles. The number of nitrogen functional groups attached to an aromatic ring is 1. The Morgan fingerprint density at radius 2 is 1.10 bits per heavy atom. The van der Waals surface area contributed by atoms with Crippen LogP contribution in [0.5, 0.6) is 23.0 Å². The molecule has 0 saturated heterocycles. The predicted octanol–water partition coefficient (Wildman–Crippen LogP) is 10.0. The molecular weight excluding hydrogens is 879 g/mol. The summed E-state index contributed by atoms with van der Waals surface area (Å²) in [5.41, 5.74) is 6.71. The number of carbonyl (C=O) groups excluding carboxylic acids is 2. The van der Waals surface area contributed by atoms with Crippen LogP contribution in [-0.4, -0.2) is 52.0 Å². The van der Waals surface area contributed by atoms with Crippen molar-refractivity contribution in [2.24, 2.45) is 0 Å². The van der Waals surface area contributed by atoms with E-state index in [-0.39, 0.29) is 40.8 Å². The number of nitrogens with two attached hydrogens (primary N) is 1. The van der Waals surface area contributed by atoms with Crippen LogP contribution in [0.4, 0.5) is 11.4 Å². The molecule has 14 nitrogen and oxygen atoms in total. The van der Waals surface area contributed by atoms with Crippen LogP contribution in [0.3, 0.4) is 0 Å². The summed E-state index contributed by atoms with van der Waals surface area (Å²) in [7, 11) is -2.43. The minimum absolute atomic E-state index is 0. The lowest BCUT2D eigenvalue weighted by atomic mass is 10.2. The molecule has 6 rings (SSSR count). The quantitative estimate of drug-likeness (QED) is 0.0667. The molecule has 0 atom stereocenters. The molecule has 0 aliphatic carbocycles. The van der Waals surface area contributed by atoms with Crippen LogP contribution >= 0.6 is 33.9 Å². The lowest BCUT2D eigenvalue weighted by molar-refractivity contribution is 0.0513. The Morgan fingerprint density at radius 3 is 1.53 bits per heavy atom. The average Bonchev–Trinajstić information content (AvgIpc) is 3.20. The Kier molecular flexibility index (Phi) is 18.6. The molecule has 60 heavy (non-hydrogen) atoms. The molecule has 316 valence electrons. The van der Waals surface area contributed by atoms with Crippen molar-refractivity contribution in [1.82, 2.24) is 9.97 Å². The third kappa shape index (κ3) is 15.0. The van der Waals surface area contributed by atoms with E-state index in [2.05, 4.69) is 14.7 Å². The van der Waals surface area contributed by atoms with E-state index in [1.54, 1.807) is 68.8 Å². The van der Waals surface area contributed by atoms with Gasteiger partial charge in [0.05, 0.1) is 35.4 Å². The summed E-state index contributed by atoms with van der Waals surface area (Å²) in [4.78, 5) is 32.2. The van der Waals surface area contributed by atoms with E-state index in [1.807, 2.05) is 0 Å². The molecule has 4 aromatic carbocycles. The van der Waals surface area contributed by atoms with Crippen LogP contribution in [0.15, 0.2) is 144 Å². The Hall–Kier alpha value is -5.91. The highest BCUT2D eigenvalue weighted by molar-refractivity contribution is 8.13. The number of rotatable bonds is 12. The van der Waals surface area contributed by atoms with E-state index < -0.39 is 31.0 Å². The van der Waals surface area contributed by atoms with E-state index >= 15 is 0 Å². The van der Waals surface area contributed by atoms with E-state index in [4.69, 9.17) is 58.6 Å². The van der Waals surface area contributed by atoms with Gasteiger partial charge in [-0.05, 0) is 123 Å². The van der Waals surface area contributed by atoms with Gasteiger partial charge >= 0.3 is 11.9 Å². The number of carbonyl (C=O) groups is 2. The molecule has 19 heteroatoms. The summed E-state index contributed by atoms with van der Waals surface area (Å²) in [5.74, 6) is 0.463. The Bertz CT molecular complexity index is 2560. The molecule has 2 aromatic heterocycles. The zero-order chi connectivity index (χ0) is 43.0. The summed E-state index contributed by atoms with van der Waals surface area (Å²) < 4.78 is 70.3. The summed E-state index contributed by atoms with van der Waals surface area (Å²) in [6, 6.07) is 27.4. The van der Waals surface area contributed by atoms with Gasteiger partial charge in [-0.15, -0.1) is 0 Å². The highest BCUT2D eigenvalue weighted by Gasteiger charge is 2.20. The summed E-state index contributed by atoms with van der Waals surface area (Å²) in [6.07, 6.45) is 6.28. The van der Waals surface area contributed by atoms with Gasteiger partial charge < -0.3 is 24.7 Å². The topological polar surface area (TPSA) is 203 Å². The van der Waals surface area contributed by atoms with Crippen LogP contribution in [0, 0.1) is 0 Å². The largest absolute Gasteiger partial charge is 0.462 e. The molecule has 0 radical (unpaired) electrons. The number of nitrogens with zero attached hydrogens (tertiary/aromatic N) is 2. The number of ether oxygens (including phenoxy) is 4. The third-order valence-electron chi connectivity index (χ3n) is 7.17. The fraction of sp³-hybridized carbons (Fsp3) is 0.122. The maximum atomic E-state index is 12.6. The molecule has 0 unspecified atom stereocenters. The molecule has 0 bridgehead atoms. The average molecular weight is 918 g/mol. The maximum absolute atomic E-state index is 12.6. The number of pyridine rings is 2. The van der Waals surface area contributed by atoms with Crippen LogP contribution in [0.2, 0.25) is 10.0 Å². The molecule has 0 spiro atoms. The molecule has 6 aromatic rings. The number of aromatic nitrogens is 2. The van der Waals surface area contributed by atoms with E-state index in [0.29, 0.717) is 45.2 Å². The number of esters is 2. The summed E-state index contributed by atoms with van der Waals surface area (Å²) in [6.45, 7) is 3.87. The van der Waals surface area contributed by atoms with Crippen LogP contribution in [0.1, 0.15) is 42.0 Å². The van der Waals surface area contributed by atoms with Gasteiger partial charge in [-0.25, -0.2) is 26.4 Å². The highest BCUT2D eigenvalue weighted by atomic mass is 35.7. The predicted molar refractivity (Wildman–Crippen MR) is 231 cm³/mol. The monoisotopic (exact) mass is 916 g/mol.